The van der Waals surface area contributed by atoms with Crippen molar-refractivity contribution in [3.63, 3.8) is 0 Å². The van der Waals surface area contributed by atoms with Crippen molar-refractivity contribution in [3.05, 3.63) is 17.5 Å². The molecule has 3 aliphatic rings. The second-order valence-electron chi connectivity index (χ2n) is 5.64. The average molecular weight is 285 g/mol. The molecule has 1 aromatic rings. The molecule has 5 atom stereocenters. The SMILES string of the molecule is O=S(=O)(c1cccs1)N1CC2CC3CC2C1C3O. The van der Waals surface area contributed by atoms with Gasteiger partial charge >= 0.3 is 0 Å². The fourth-order valence-electron chi connectivity index (χ4n) is 4.16. The van der Waals surface area contributed by atoms with Crippen molar-refractivity contribution in [2.45, 2.75) is 29.2 Å². The summed E-state index contributed by atoms with van der Waals surface area (Å²) in [7, 11) is -3.40. The summed E-state index contributed by atoms with van der Waals surface area (Å²) in [6, 6.07) is 3.25. The zero-order valence-electron chi connectivity index (χ0n) is 9.77. The van der Waals surface area contributed by atoms with Gasteiger partial charge < -0.3 is 5.11 Å². The van der Waals surface area contributed by atoms with Crippen molar-refractivity contribution in [1.29, 1.82) is 0 Å². The summed E-state index contributed by atoms with van der Waals surface area (Å²) in [5, 5.41) is 12.0. The van der Waals surface area contributed by atoms with Crippen LogP contribution in [0, 0.1) is 17.8 Å². The van der Waals surface area contributed by atoms with Gasteiger partial charge in [-0.2, -0.15) is 4.31 Å². The van der Waals surface area contributed by atoms with Crippen molar-refractivity contribution in [1.82, 2.24) is 4.31 Å². The van der Waals surface area contributed by atoms with Crippen LogP contribution in [0.25, 0.3) is 0 Å². The summed E-state index contributed by atoms with van der Waals surface area (Å²) in [6.07, 6.45) is 1.55. The molecule has 98 valence electrons. The maximum atomic E-state index is 12.6. The van der Waals surface area contributed by atoms with E-state index in [2.05, 4.69) is 0 Å². The molecule has 5 unspecified atom stereocenters. The van der Waals surface area contributed by atoms with Gasteiger partial charge in [0.15, 0.2) is 0 Å². The van der Waals surface area contributed by atoms with Gasteiger partial charge in [0.2, 0.25) is 0 Å². The number of hydrogen-bond acceptors (Lipinski definition) is 4. The fourth-order valence-corrected chi connectivity index (χ4v) is 7.02. The number of nitrogens with zero attached hydrogens (tertiary/aromatic N) is 1. The van der Waals surface area contributed by atoms with Gasteiger partial charge in [-0.3, -0.25) is 0 Å². The minimum absolute atomic E-state index is 0.166. The lowest BCUT2D eigenvalue weighted by Gasteiger charge is -2.27. The molecule has 1 saturated heterocycles. The molecule has 1 aliphatic heterocycles. The minimum Gasteiger partial charge on any atom is -0.391 e. The monoisotopic (exact) mass is 285 g/mol. The van der Waals surface area contributed by atoms with Crippen LogP contribution in [-0.2, 0) is 10.0 Å². The second kappa shape index (κ2) is 3.56. The number of sulfonamides is 1. The molecule has 0 amide bonds. The van der Waals surface area contributed by atoms with E-state index in [1.54, 1.807) is 21.8 Å². The zero-order chi connectivity index (χ0) is 12.5. The molecule has 2 bridgehead atoms. The standard InChI is InChI=1S/C12H15NO3S2/c14-12-7-4-8-6-13(11(12)9(8)5-7)18(15,16)10-2-1-3-17-10/h1-3,7-9,11-12,14H,4-6H2. The number of aliphatic hydroxyl groups excluding tert-OH is 1. The summed E-state index contributed by atoms with van der Waals surface area (Å²) in [5.41, 5.74) is 0. The first kappa shape index (κ1) is 11.4. The lowest BCUT2D eigenvalue weighted by Crippen LogP contribution is -2.43. The highest BCUT2D eigenvalue weighted by molar-refractivity contribution is 7.91. The maximum Gasteiger partial charge on any atom is 0.252 e. The Morgan fingerprint density at radius 2 is 2.17 bits per heavy atom. The molecule has 4 rings (SSSR count). The van der Waals surface area contributed by atoms with Crippen LogP contribution >= 0.6 is 11.3 Å². The van der Waals surface area contributed by atoms with E-state index in [9.17, 15) is 13.5 Å². The molecular weight excluding hydrogens is 270 g/mol. The largest absolute Gasteiger partial charge is 0.391 e. The molecule has 0 spiro atoms. The Morgan fingerprint density at radius 3 is 2.83 bits per heavy atom. The third-order valence-electron chi connectivity index (χ3n) is 4.86. The van der Waals surface area contributed by atoms with Gasteiger partial charge in [0.25, 0.3) is 10.0 Å². The summed E-state index contributed by atoms with van der Waals surface area (Å²) < 4.78 is 27.1. The van der Waals surface area contributed by atoms with E-state index in [0.29, 0.717) is 28.5 Å². The van der Waals surface area contributed by atoms with Gasteiger partial charge in [-0.15, -0.1) is 11.3 Å². The van der Waals surface area contributed by atoms with Crippen molar-refractivity contribution < 1.29 is 13.5 Å². The quantitative estimate of drug-likeness (QED) is 0.886. The molecule has 1 N–H and O–H groups in total. The first-order chi connectivity index (χ1) is 8.59. The Labute approximate surface area is 110 Å². The molecule has 1 aromatic heterocycles. The van der Waals surface area contributed by atoms with Crippen LogP contribution < -0.4 is 0 Å². The topological polar surface area (TPSA) is 57.6 Å². The van der Waals surface area contributed by atoms with Crippen LogP contribution in [0.2, 0.25) is 0 Å². The number of rotatable bonds is 2. The lowest BCUT2D eigenvalue weighted by atomic mass is 9.88. The van der Waals surface area contributed by atoms with Crippen LogP contribution in [0.4, 0.5) is 0 Å². The lowest BCUT2D eigenvalue weighted by molar-refractivity contribution is 0.0731. The van der Waals surface area contributed by atoms with Crippen molar-refractivity contribution in [3.8, 4) is 0 Å². The van der Waals surface area contributed by atoms with Gasteiger partial charge in [0, 0.05) is 6.54 Å². The normalized spacial score (nSPS) is 42.8. The van der Waals surface area contributed by atoms with Gasteiger partial charge in [-0.25, -0.2) is 8.42 Å². The van der Waals surface area contributed by atoms with E-state index >= 15 is 0 Å². The highest BCUT2D eigenvalue weighted by atomic mass is 32.2. The molecule has 4 nitrogen and oxygen atoms in total. The van der Waals surface area contributed by atoms with E-state index < -0.39 is 16.1 Å². The van der Waals surface area contributed by atoms with Gasteiger partial charge in [-0.05, 0) is 42.0 Å². The fraction of sp³-hybridized carbons (Fsp3) is 0.667. The van der Waals surface area contributed by atoms with Crippen LogP contribution in [0.1, 0.15) is 12.8 Å². The van der Waals surface area contributed by atoms with Gasteiger partial charge in [0.1, 0.15) is 4.21 Å². The van der Waals surface area contributed by atoms with Crippen LogP contribution in [0.15, 0.2) is 21.7 Å². The first-order valence-corrected chi connectivity index (χ1v) is 8.64. The number of hydrogen-bond donors (Lipinski definition) is 1. The Kier molecular flexibility index (Phi) is 2.26. The van der Waals surface area contributed by atoms with Crippen molar-refractivity contribution in [2.24, 2.45) is 17.8 Å². The van der Waals surface area contributed by atoms with E-state index in [-0.39, 0.29) is 6.04 Å². The van der Waals surface area contributed by atoms with Crippen LogP contribution in [0.5, 0.6) is 0 Å². The zero-order valence-corrected chi connectivity index (χ0v) is 11.4. The van der Waals surface area contributed by atoms with Crippen molar-refractivity contribution >= 4 is 21.4 Å². The molecular formula is C12H15NO3S2. The maximum absolute atomic E-state index is 12.6. The molecule has 6 heteroatoms. The third kappa shape index (κ3) is 1.29. The summed E-state index contributed by atoms with van der Waals surface area (Å²) >= 11 is 1.26. The number of thiophene rings is 1. The first-order valence-electron chi connectivity index (χ1n) is 6.32. The Balaban J connectivity index is 1.75. The predicted molar refractivity (Wildman–Crippen MR) is 67.7 cm³/mol. The molecule has 2 saturated carbocycles. The minimum atomic E-state index is -3.40. The van der Waals surface area contributed by atoms with Gasteiger partial charge in [-0.1, -0.05) is 6.07 Å². The second-order valence-corrected chi connectivity index (χ2v) is 8.71. The molecule has 0 radical (unpaired) electrons. The van der Waals surface area contributed by atoms with E-state index in [1.807, 2.05) is 0 Å². The summed E-state index contributed by atoms with van der Waals surface area (Å²) in [4.78, 5) is 0. The summed E-state index contributed by atoms with van der Waals surface area (Å²) in [5.74, 6) is 1.19. The molecule has 18 heavy (non-hydrogen) atoms. The van der Waals surface area contributed by atoms with Crippen LogP contribution in [0.3, 0.4) is 0 Å². The van der Waals surface area contributed by atoms with E-state index in [4.69, 9.17) is 0 Å². The number of fused-ring (bicyclic) bond motifs is 1. The Hall–Kier alpha value is -0.430. The van der Waals surface area contributed by atoms with E-state index in [1.165, 1.54) is 11.3 Å². The van der Waals surface area contributed by atoms with E-state index in [0.717, 1.165) is 12.8 Å². The molecule has 2 heterocycles. The van der Waals surface area contributed by atoms with Crippen LogP contribution in [-0.4, -0.2) is 36.5 Å². The Bertz CT molecular complexity index is 566. The predicted octanol–water partition coefficient (Wildman–Crippen LogP) is 1.14. The summed E-state index contributed by atoms with van der Waals surface area (Å²) in [6.45, 7) is 0.600. The highest BCUT2D eigenvalue weighted by Crippen LogP contribution is 2.56. The van der Waals surface area contributed by atoms with Crippen molar-refractivity contribution in [2.75, 3.05) is 6.54 Å². The smallest absolute Gasteiger partial charge is 0.252 e. The third-order valence-corrected chi connectivity index (χ3v) is 8.10. The van der Waals surface area contributed by atoms with Gasteiger partial charge in [0.05, 0.1) is 12.1 Å². The molecule has 3 fully saturated rings. The number of aliphatic hydroxyl groups is 1. The highest BCUT2D eigenvalue weighted by Gasteiger charge is 2.61. The molecule has 2 aliphatic carbocycles. The average Bonchev–Trinajstić information content (AvgIpc) is 3.03. The Morgan fingerprint density at radius 1 is 1.33 bits per heavy atom. The molecule has 0 aromatic carbocycles.